The lowest BCUT2D eigenvalue weighted by molar-refractivity contribution is -0.183. The topological polar surface area (TPSA) is 55.8 Å². The van der Waals surface area contributed by atoms with Gasteiger partial charge in [-0.3, -0.25) is 4.79 Å². The number of phenols is 1. The van der Waals surface area contributed by atoms with Crippen molar-refractivity contribution in [3.8, 4) is 5.75 Å². The van der Waals surface area contributed by atoms with Crippen LogP contribution < -0.4 is 0 Å². The van der Waals surface area contributed by atoms with E-state index >= 15 is 0 Å². The molecule has 25 heavy (non-hydrogen) atoms. The first kappa shape index (κ1) is 21.8. The van der Waals surface area contributed by atoms with Crippen LogP contribution in [-0.4, -0.2) is 35.5 Å². The van der Waals surface area contributed by atoms with E-state index in [9.17, 15) is 4.79 Å². The van der Waals surface area contributed by atoms with Crippen molar-refractivity contribution in [3.63, 3.8) is 0 Å². The van der Waals surface area contributed by atoms with E-state index in [0.717, 1.165) is 24.3 Å². The first-order valence-corrected chi connectivity index (χ1v) is 10.1. The maximum atomic E-state index is 11.7. The van der Waals surface area contributed by atoms with Crippen molar-refractivity contribution in [2.75, 3.05) is 18.1 Å². The number of benzene rings is 1. The van der Waals surface area contributed by atoms with Crippen LogP contribution in [0.2, 0.25) is 0 Å². The number of phenolic OH excluding ortho intramolecular Hbond substituents is 1. The predicted molar refractivity (Wildman–Crippen MR) is 104 cm³/mol. The van der Waals surface area contributed by atoms with E-state index in [2.05, 4.69) is 13.8 Å². The Morgan fingerprint density at radius 3 is 2.48 bits per heavy atom. The van der Waals surface area contributed by atoms with Crippen molar-refractivity contribution in [1.29, 1.82) is 0 Å². The van der Waals surface area contributed by atoms with Crippen LogP contribution in [0.15, 0.2) is 24.3 Å². The minimum atomic E-state index is -0.397. The molecular formula is C20H32O4S. The molecule has 2 unspecified atom stereocenters. The fraction of sp³-hybridized carbons (Fsp3) is 0.650. The fourth-order valence-corrected chi connectivity index (χ4v) is 2.73. The van der Waals surface area contributed by atoms with Crippen LogP contribution in [0.5, 0.6) is 5.75 Å². The van der Waals surface area contributed by atoms with Crippen LogP contribution in [0.1, 0.15) is 58.9 Å². The van der Waals surface area contributed by atoms with Gasteiger partial charge in [-0.15, -0.1) is 0 Å². The van der Waals surface area contributed by atoms with Crippen LogP contribution in [0.4, 0.5) is 0 Å². The normalized spacial score (nSPS) is 18.7. The van der Waals surface area contributed by atoms with Crippen LogP contribution >= 0.6 is 11.8 Å². The maximum absolute atomic E-state index is 11.7. The lowest BCUT2D eigenvalue weighted by atomic mass is 9.91. The summed E-state index contributed by atoms with van der Waals surface area (Å²) in [5.41, 5.74) is 0.899. The van der Waals surface area contributed by atoms with Crippen LogP contribution in [-0.2, 0) is 14.3 Å². The van der Waals surface area contributed by atoms with Crippen molar-refractivity contribution in [2.45, 2.75) is 59.7 Å². The quantitative estimate of drug-likeness (QED) is 0.744. The zero-order chi connectivity index (χ0) is 18.9. The molecule has 2 rings (SSSR count). The molecule has 1 N–H and O–H groups in total. The molecule has 1 saturated heterocycles. The van der Waals surface area contributed by atoms with Gasteiger partial charge in [0.1, 0.15) is 5.75 Å². The van der Waals surface area contributed by atoms with E-state index in [-0.39, 0.29) is 12.3 Å². The summed E-state index contributed by atoms with van der Waals surface area (Å²) in [6.45, 7) is 10.8. The zero-order valence-electron chi connectivity index (χ0n) is 16.1. The van der Waals surface area contributed by atoms with Gasteiger partial charge in [0.2, 0.25) is 6.29 Å². The first-order chi connectivity index (χ1) is 11.8. The maximum Gasteiger partial charge on any atom is 0.313 e. The fourth-order valence-electron chi connectivity index (χ4n) is 2.00. The van der Waals surface area contributed by atoms with Gasteiger partial charge in [-0.2, -0.15) is 11.8 Å². The molecule has 1 heterocycles. The van der Waals surface area contributed by atoms with Gasteiger partial charge in [0, 0.05) is 5.75 Å². The zero-order valence-corrected chi connectivity index (χ0v) is 16.9. The molecule has 1 aromatic carbocycles. The lowest BCUT2D eigenvalue weighted by Gasteiger charge is -2.27. The molecule has 1 aliphatic heterocycles. The number of esters is 1. The SMILES string of the molecule is CCC(C)(C)C(=O)OC1CSCCO1.CCC(C)c1ccc(O)cc1. The highest BCUT2D eigenvalue weighted by atomic mass is 32.2. The monoisotopic (exact) mass is 368 g/mol. The molecule has 0 aliphatic carbocycles. The van der Waals surface area contributed by atoms with Gasteiger partial charge < -0.3 is 14.6 Å². The Balaban J connectivity index is 0.000000257. The molecule has 142 valence electrons. The Bertz CT molecular complexity index is 507. The van der Waals surface area contributed by atoms with E-state index < -0.39 is 5.41 Å². The first-order valence-electron chi connectivity index (χ1n) is 8.99. The third-order valence-corrected chi connectivity index (χ3v) is 5.50. The van der Waals surface area contributed by atoms with Crippen molar-refractivity contribution in [1.82, 2.24) is 0 Å². The van der Waals surface area contributed by atoms with E-state index in [0.29, 0.717) is 18.3 Å². The molecule has 1 fully saturated rings. The second-order valence-corrected chi connectivity index (χ2v) is 8.07. The Morgan fingerprint density at radius 1 is 1.36 bits per heavy atom. The highest BCUT2D eigenvalue weighted by Crippen LogP contribution is 2.24. The third kappa shape index (κ3) is 7.70. The molecular weight excluding hydrogens is 336 g/mol. The van der Waals surface area contributed by atoms with Gasteiger partial charge in [-0.05, 0) is 50.3 Å². The third-order valence-electron chi connectivity index (χ3n) is 4.53. The highest BCUT2D eigenvalue weighted by Gasteiger charge is 2.30. The lowest BCUT2D eigenvalue weighted by Crippen LogP contribution is -2.34. The second kappa shape index (κ2) is 10.7. The molecule has 0 saturated carbocycles. The van der Waals surface area contributed by atoms with E-state index in [4.69, 9.17) is 14.6 Å². The van der Waals surface area contributed by atoms with Gasteiger partial charge >= 0.3 is 5.97 Å². The summed E-state index contributed by atoms with van der Waals surface area (Å²) in [7, 11) is 0. The van der Waals surface area contributed by atoms with Crippen LogP contribution in [0, 0.1) is 5.41 Å². The van der Waals surface area contributed by atoms with Crippen molar-refractivity contribution < 1.29 is 19.4 Å². The highest BCUT2D eigenvalue weighted by molar-refractivity contribution is 7.99. The number of carbonyl (C=O) groups excluding carboxylic acids is 1. The van der Waals surface area contributed by atoms with E-state index in [1.807, 2.05) is 32.9 Å². The molecule has 0 aromatic heterocycles. The summed E-state index contributed by atoms with van der Waals surface area (Å²) in [6, 6.07) is 7.43. The number of hydrogen-bond donors (Lipinski definition) is 1. The van der Waals surface area contributed by atoms with Gasteiger partial charge in [0.15, 0.2) is 0 Å². The summed E-state index contributed by atoms with van der Waals surface area (Å²) in [6.07, 6.45) is 1.59. The molecule has 5 heteroatoms. The summed E-state index contributed by atoms with van der Waals surface area (Å²) in [5.74, 6) is 2.52. The minimum Gasteiger partial charge on any atom is -0.508 e. The average molecular weight is 369 g/mol. The molecule has 0 bridgehead atoms. The average Bonchev–Trinajstić information content (AvgIpc) is 2.63. The van der Waals surface area contributed by atoms with Crippen LogP contribution in [0.25, 0.3) is 0 Å². The molecule has 1 aliphatic rings. The van der Waals surface area contributed by atoms with E-state index in [1.54, 1.807) is 23.9 Å². The molecule has 2 atom stereocenters. The summed E-state index contributed by atoms with van der Waals surface area (Å²) in [4.78, 5) is 11.7. The van der Waals surface area contributed by atoms with E-state index in [1.165, 1.54) is 5.56 Å². The summed E-state index contributed by atoms with van der Waals surface area (Å²) < 4.78 is 10.6. The smallest absolute Gasteiger partial charge is 0.313 e. The Hall–Kier alpha value is -1.20. The largest absolute Gasteiger partial charge is 0.508 e. The molecule has 4 nitrogen and oxygen atoms in total. The summed E-state index contributed by atoms with van der Waals surface area (Å²) in [5, 5.41) is 9.01. The van der Waals surface area contributed by atoms with Crippen molar-refractivity contribution >= 4 is 17.7 Å². The van der Waals surface area contributed by atoms with Gasteiger partial charge in [-0.25, -0.2) is 0 Å². The molecule has 0 spiro atoms. The van der Waals surface area contributed by atoms with Gasteiger partial charge in [0.25, 0.3) is 0 Å². The molecule has 0 amide bonds. The number of hydrogen-bond acceptors (Lipinski definition) is 5. The molecule has 0 radical (unpaired) electrons. The van der Waals surface area contributed by atoms with Gasteiger partial charge in [0.05, 0.1) is 17.8 Å². The predicted octanol–water partition coefficient (Wildman–Crippen LogP) is 4.96. The number of rotatable bonds is 5. The molecule has 1 aromatic rings. The standard InChI is InChI=1S/C10H18O3S.C10H14O/c1-4-10(2,3)9(11)13-8-7-14-6-5-12-8;1-3-8(2)9-4-6-10(11)7-5-9/h8H,4-7H2,1-3H3;4-8,11H,3H2,1-2H3. The number of aromatic hydroxyl groups is 1. The van der Waals surface area contributed by atoms with Crippen LogP contribution in [0.3, 0.4) is 0 Å². The Morgan fingerprint density at radius 2 is 2.00 bits per heavy atom. The van der Waals surface area contributed by atoms with Gasteiger partial charge in [-0.1, -0.05) is 32.9 Å². The Kier molecular flexibility index (Phi) is 9.36. The summed E-state index contributed by atoms with van der Waals surface area (Å²) >= 11 is 1.76. The number of carbonyl (C=O) groups is 1. The van der Waals surface area contributed by atoms with Crippen molar-refractivity contribution in [2.24, 2.45) is 5.41 Å². The number of ether oxygens (including phenoxy) is 2. The Labute approximate surface area is 156 Å². The number of thioether (sulfide) groups is 1. The van der Waals surface area contributed by atoms with Crippen molar-refractivity contribution in [3.05, 3.63) is 29.8 Å². The second-order valence-electron chi connectivity index (χ2n) is 6.92. The minimum absolute atomic E-state index is 0.160.